The van der Waals surface area contributed by atoms with Gasteiger partial charge >= 0.3 is 11.9 Å². The molecule has 1 aromatic carbocycles. The Morgan fingerprint density at radius 1 is 1.27 bits per heavy atom. The molecule has 0 aliphatic carbocycles. The van der Waals surface area contributed by atoms with E-state index in [1.807, 2.05) is 0 Å². The van der Waals surface area contributed by atoms with E-state index in [1.165, 1.54) is 14.2 Å². The summed E-state index contributed by atoms with van der Waals surface area (Å²) in [6.45, 7) is 0. The van der Waals surface area contributed by atoms with Gasteiger partial charge in [0.05, 0.1) is 14.2 Å². The van der Waals surface area contributed by atoms with Crippen LogP contribution in [-0.2, 0) is 23.8 Å². The second-order valence-electron chi connectivity index (χ2n) is 4.88. The first-order chi connectivity index (χ1) is 10.5. The van der Waals surface area contributed by atoms with Crippen LogP contribution in [0.15, 0.2) is 24.3 Å². The average molecular weight is 323 g/mol. The zero-order valence-corrected chi connectivity index (χ0v) is 12.9. The number of esters is 2. The highest BCUT2D eigenvalue weighted by atomic mass is 35.5. The van der Waals surface area contributed by atoms with Gasteiger partial charge in [-0.05, 0) is 17.7 Å². The average Bonchev–Trinajstić information content (AvgIpc) is 2.95. The van der Waals surface area contributed by atoms with Crippen LogP contribution in [-0.4, -0.2) is 32.3 Å². The topological polar surface area (TPSA) is 61.8 Å². The van der Waals surface area contributed by atoms with Gasteiger partial charge < -0.3 is 14.2 Å². The molecule has 0 saturated carbocycles. The van der Waals surface area contributed by atoms with E-state index in [0.29, 0.717) is 10.6 Å². The molecule has 1 saturated heterocycles. The lowest BCUT2D eigenvalue weighted by Crippen LogP contribution is -2.43. The molecule has 0 aromatic heterocycles. The second-order valence-corrected chi connectivity index (χ2v) is 5.32. The first-order valence-electron chi connectivity index (χ1n) is 6.53. The van der Waals surface area contributed by atoms with E-state index >= 15 is 0 Å². The molecule has 1 aromatic rings. The van der Waals surface area contributed by atoms with Crippen LogP contribution in [0, 0.1) is 17.8 Å². The molecule has 0 amide bonds. The lowest BCUT2D eigenvalue weighted by molar-refractivity contribution is -0.173. The van der Waals surface area contributed by atoms with Crippen molar-refractivity contribution >= 4 is 23.5 Å². The van der Waals surface area contributed by atoms with Crippen LogP contribution in [0.1, 0.15) is 18.1 Å². The monoisotopic (exact) mass is 322 g/mol. The lowest BCUT2D eigenvalue weighted by Gasteiger charge is -2.28. The van der Waals surface area contributed by atoms with Gasteiger partial charge in [0.25, 0.3) is 0 Å². The number of carbonyl (C=O) groups is 2. The normalized spacial score (nSPS) is 22.6. The molecule has 2 atom stereocenters. The Balaban J connectivity index is 2.56. The number of terminal acetylenes is 1. The molecular weight excluding hydrogens is 308 g/mol. The molecule has 5 nitrogen and oxygen atoms in total. The maximum absolute atomic E-state index is 12.4. The molecule has 116 valence electrons. The Morgan fingerprint density at radius 3 is 2.27 bits per heavy atom. The Bertz CT molecular complexity index is 600. The van der Waals surface area contributed by atoms with E-state index in [9.17, 15) is 9.59 Å². The van der Waals surface area contributed by atoms with Gasteiger partial charge in [-0.25, -0.2) is 0 Å². The standard InChI is InChI=1S/C16H15ClO5/c1-4-12-9-16(14(18)20-2,15(19)21-3)13(22-12)10-5-7-11(17)8-6-10/h1,5-8,12-13H,9H2,2-3H3/t12-,13-/m0/s1. The van der Waals surface area contributed by atoms with Crippen LogP contribution in [0.2, 0.25) is 5.02 Å². The van der Waals surface area contributed by atoms with Crippen molar-refractivity contribution < 1.29 is 23.8 Å². The van der Waals surface area contributed by atoms with Crippen molar-refractivity contribution in [3.05, 3.63) is 34.9 Å². The molecule has 0 radical (unpaired) electrons. The van der Waals surface area contributed by atoms with Crippen LogP contribution in [0.4, 0.5) is 0 Å². The van der Waals surface area contributed by atoms with Crippen molar-refractivity contribution in [2.45, 2.75) is 18.6 Å². The minimum atomic E-state index is -1.63. The molecule has 6 heteroatoms. The second kappa shape index (κ2) is 6.39. The van der Waals surface area contributed by atoms with E-state index in [1.54, 1.807) is 24.3 Å². The van der Waals surface area contributed by atoms with Crippen molar-refractivity contribution in [3.63, 3.8) is 0 Å². The molecular formula is C16H15ClO5. The van der Waals surface area contributed by atoms with Gasteiger partial charge in [-0.3, -0.25) is 9.59 Å². The van der Waals surface area contributed by atoms with Gasteiger partial charge in [0.1, 0.15) is 12.2 Å². The Kier molecular flexibility index (Phi) is 4.74. The third-order valence-electron chi connectivity index (χ3n) is 3.71. The molecule has 1 fully saturated rings. The maximum Gasteiger partial charge on any atom is 0.326 e. The van der Waals surface area contributed by atoms with Crippen molar-refractivity contribution in [2.24, 2.45) is 5.41 Å². The number of halogens is 1. The summed E-state index contributed by atoms with van der Waals surface area (Å²) < 4.78 is 15.3. The molecule has 1 heterocycles. The fourth-order valence-corrected chi connectivity index (χ4v) is 2.78. The maximum atomic E-state index is 12.4. The molecule has 0 N–H and O–H groups in total. The summed E-state index contributed by atoms with van der Waals surface area (Å²) in [5.74, 6) is 0.946. The Labute approximate surface area is 133 Å². The zero-order chi connectivity index (χ0) is 16.3. The molecule has 1 aliphatic rings. The van der Waals surface area contributed by atoms with Crippen molar-refractivity contribution in [1.29, 1.82) is 0 Å². The van der Waals surface area contributed by atoms with Crippen molar-refractivity contribution in [1.82, 2.24) is 0 Å². The Hall–Kier alpha value is -2.03. The summed E-state index contributed by atoms with van der Waals surface area (Å²) in [6.07, 6.45) is 3.81. The lowest BCUT2D eigenvalue weighted by atomic mass is 9.77. The summed E-state index contributed by atoms with van der Waals surface area (Å²) in [6, 6.07) is 6.63. The third kappa shape index (κ3) is 2.56. The first-order valence-corrected chi connectivity index (χ1v) is 6.91. The molecule has 1 aliphatic heterocycles. The van der Waals surface area contributed by atoms with E-state index < -0.39 is 29.6 Å². The highest BCUT2D eigenvalue weighted by Gasteiger charge is 2.61. The van der Waals surface area contributed by atoms with Crippen LogP contribution in [0.5, 0.6) is 0 Å². The minimum absolute atomic E-state index is 0.00383. The third-order valence-corrected chi connectivity index (χ3v) is 3.97. The number of ether oxygens (including phenoxy) is 3. The summed E-state index contributed by atoms with van der Waals surface area (Å²) in [7, 11) is 2.41. The molecule has 2 rings (SSSR count). The van der Waals surface area contributed by atoms with Gasteiger partial charge in [0.15, 0.2) is 5.41 Å². The van der Waals surface area contributed by atoms with E-state index in [-0.39, 0.29) is 6.42 Å². The van der Waals surface area contributed by atoms with Gasteiger partial charge in [0, 0.05) is 11.4 Å². The summed E-state index contributed by atoms with van der Waals surface area (Å²) in [4.78, 5) is 24.7. The van der Waals surface area contributed by atoms with Gasteiger partial charge in [-0.2, -0.15) is 0 Å². The predicted molar refractivity (Wildman–Crippen MR) is 79.0 cm³/mol. The van der Waals surface area contributed by atoms with E-state index in [0.717, 1.165) is 0 Å². The van der Waals surface area contributed by atoms with Crippen LogP contribution in [0.3, 0.4) is 0 Å². The van der Waals surface area contributed by atoms with Crippen LogP contribution < -0.4 is 0 Å². The van der Waals surface area contributed by atoms with Gasteiger partial charge in [0.2, 0.25) is 0 Å². The minimum Gasteiger partial charge on any atom is -0.468 e. The quantitative estimate of drug-likeness (QED) is 0.485. The van der Waals surface area contributed by atoms with Crippen LogP contribution in [0.25, 0.3) is 0 Å². The van der Waals surface area contributed by atoms with Crippen LogP contribution >= 0.6 is 11.6 Å². The Morgan fingerprint density at radius 2 is 1.82 bits per heavy atom. The smallest absolute Gasteiger partial charge is 0.326 e. The number of rotatable bonds is 3. The first kappa shape index (κ1) is 16.3. The van der Waals surface area contributed by atoms with E-state index in [2.05, 4.69) is 5.92 Å². The number of hydrogen-bond donors (Lipinski definition) is 0. The summed E-state index contributed by atoms with van der Waals surface area (Å²) >= 11 is 5.87. The predicted octanol–water partition coefficient (Wildman–Crippen LogP) is 2.14. The highest BCUT2D eigenvalue weighted by molar-refractivity contribution is 6.30. The van der Waals surface area contributed by atoms with Crippen molar-refractivity contribution in [3.8, 4) is 12.3 Å². The van der Waals surface area contributed by atoms with Gasteiger partial charge in [-0.1, -0.05) is 29.7 Å². The number of carbonyl (C=O) groups excluding carboxylic acids is 2. The van der Waals surface area contributed by atoms with Crippen molar-refractivity contribution in [2.75, 3.05) is 14.2 Å². The molecule has 22 heavy (non-hydrogen) atoms. The summed E-state index contributed by atoms with van der Waals surface area (Å²) in [5, 5.41) is 0.525. The number of benzene rings is 1. The molecule has 0 unspecified atom stereocenters. The highest BCUT2D eigenvalue weighted by Crippen LogP contribution is 2.50. The molecule has 0 bridgehead atoms. The largest absolute Gasteiger partial charge is 0.468 e. The SMILES string of the molecule is C#C[C@H]1CC(C(=O)OC)(C(=O)OC)[C@H](c2ccc(Cl)cc2)O1. The summed E-state index contributed by atoms with van der Waals surface area (Å²) in [5.41, 5.74) is -1.04. The number of methoxy groups -OCH3 is 2. The zero-order valence-electron chi connectivity index (χ0n) is 12.2. The van der Waals surface area contributed by atoms with Gasteiger partial charge in [-0.15, -0.1) is 6.42 Å². The van der Waals surface area contributed by atoms with E-state index in [4.69, 9.17) is 32.2 Å². The fraction of sp³-hybridized carbons (Fsp3) is 0.375. The fourth-order valence-electron chi connectivity index (χ4n) is 2.66. The molecule has 0 spiro atoms. The number of hydrogen-bond acceptors (Lipinski definition) is 5.